The van der Waals surface area contributed by atoms with E-state index in [1.165, 1.54) is 5.69 Å². The second kappa shape index (κ2) is 27.0. The number of carbonyl (C=O) groups is 3. The molecule has 3 heterocycles. The van der Waals surface area contributed by atoms with Crippen LogP contribution in [-0.2, 0) is 38.1 Å². The minimum absolute atomic E-state index is 0.0531. The maximum atomic E-state index is 12.2. The van der Waals surface area contributed by atoms with Gasteiger partial charge in [-0.2, -0.15) is 0 Å². The third-order valence-corrected chi connectivity index (χ3v) is 10.8. The highest BCUT2D eigenvalue weighted by Crippen LogP contribution is 2.29. The van der Waals surface area contributed by atoms with E-state index in [1.54, 1.807) is 0 Å². The molecule has 354 valence electrons. The molecule has 5 N–H and O–H groups in total. The summed E-state index contributed by atoms with van der Waals surface area (Å²) in [6.07, 6.45) is 5.54. The number of carbonyl (C=O) groups excluding carboxylic acids is 3. The highest BCUT2D eigenvalue weighted by atomic mass is 35.5. The number of terminal acetylenes is 1. The molecule has 0 unspecified atom stereocenters. The Kier molecular flexibility index (Phi) is 20.3. The van der Waals surface area contributed by atoms with Crippen molar-refractivity contribution in [2.24, 2.45) is 0 Å². The quantitative estimate of drug-likeness (QED) is 0.0266. The largest absolute Gasteiger partial charge is 0.491 e. The fraction of sp³-hybridized carbons (Fsp3) is 0.468. The topological polar surface area (TPSA) is 207 Å². The van der Waals surface area contributed by atoms with E-state index in [1.807, 2.05) is 36.4 Å². The molecule has 19 heteroatoms. The van der Waals surface area contributed by atoms with Gasteiger partial charge in [-0.3, -0.25) is 14.4 Å². The summed E-state index contributed by atoms with van der Waals surface area (Å²) in [6.45, 7) is 8.67. The van der Waals surface area contributed by atoms with Crippen molar-refractivity contribution in [2.45, 2.75) is 18.9 Å². The predicted octanol–water partition coefficient (Wildman–Crippen LogP) is 3.36. The Morgan fingerprint density at radius 2 is 1.26 bits per heavy atom. The average molecular weight is 931 g/mol. The second-order valence-corrected chi connectivity index (χ2v) is 15.6. The van der Waals surface area contributed by atoms with Gasteiger partial charge in [-0.05, 0) is 67.7 Å². The summed E-state index contributed by atoms with van der Waals surface area (Å²) in [5.41, 5.74) is 6.94. The summed E-state index contributed by atoms with van der Waals surface area (Å²) in [5.74, 6) is 3.40. The zero-order valence-corrected chi connectivity index (χ0v) is 38.2. The minimum atomic E-state index is -0.847. The van der Waals surface area contributed by atoms with Crippen LogP contribution in [0.3, 0.4) is 0 Å². The van der Waals surface area contributed by atoms with E-state index in [4.69, 9.17) is 56.4 Å². The summed E-state index contributed by atoms with van der Waals surface area (Å²) in [6, 6.07) is 19.6. The third-order valence-electron chi connectivity index (χ3n) is 10.5. The molecule has 1 atom stereocenters. The van der Waals surface area contributed by atoms with Gasteiger partial charge in [0, 0.05) is 68.9 Å². The van der Waals surface area contributed by atoms with Gasteiger partial charge in [0.25, 0.3) is 0 Å². The van der Waals surface area contributed by atoms with Crippen molar-refractivity contribution in [3.63, 3.8) is 0 Å². The average Bonchev–Trinajstić information content (AvgIpc) is 3.97. The van der Waals surface area contributed by atoms with Gasteiger partial charge in [0.1, 0.15) is 35.9 Å². The molecule has 2 aromatic heterocycles. The van der Waals surface area contributed by atoms with Crippen molar-refractivity contribution in [3.8, 4) is 40.9 Å². The lowest BCUT2D eigenvalue weighted by Gasteiger charge is -2.34. The number of ether oxygens (including phenoxy) is 6. The molecule has 3 aromatic carbocycles. The number of imidazole rings is 2. The number of benzene rings is 3. The molecule has 0 aliphatic carbocycles. The molecule has 0 saturated carbocycles. The van der Waals surface area contributed by atoms with Gasteiger partial charge < -0.3 is 64.1 Å². The lowest BCUT2D eigenvalue weighted by molar-refractivity contribution is -0.128. The molecule has 0 spiro atoms. The van der Waals surface area contributed by atoms with Crippen LogP contribution in [0.15, 0.2) is 60.7 Å². The van der Waals surface area contributed by atoms with E-state index >= 15 is 0 Å². The van der Waals surface area contributed by atoms with E-state index in [9.17, 15) is 14.4 Å². The smallest absolute Gasteiger partial charge is 0.243 e. The molecule has 1 aliphatic heterocycles. The van der Waals surface area contributed by atoms with E-state index in [0.29, 0.717) is 66.0 Å². The van der Waals surface area contributed by atoms with Gasteiger partial charge in [0.05, 0.1) is 88.1 Å². The number of aromatic amines is 2. The number of hydrogen-bond donors (Lipinski definition) is 5. The standard InChI is InChI=1S/C47H60ClN9O9/c1-3-4-40(51-44(59)33-48)47(60)50-15-22-63-25-24-62-21-14-49-43(58)13-20-61-23-26-64-27-28-65-29-30-66-37-9-5-34(6-10-37)45-52-38-11-7-35(31-41(38)54-45)46-53-39-12-8-36(32-42(39)55-46)57-18-16-56(2)17-19-57/h1,5-12,31-32,40H,4,13-30,33H2,2H3,(H,49,58)(H,50,60)(H,51,59)(H,52,54)(H,53,55)/t40-/m0/s1. The fourth-order valence-electron chi connectivity index (χ4n) is 6.93. The monoisotopic (exact) mass is 929 g/mol. The van der Waals surface area contributed by atoms with Crippen LogP contribution in [0, 0.1) is 12.3 Å². The Morgan fingerprint density at radius 1 is 0.697 bits per heavy atom. The number of nitrogens with one attached hydrogen (secondary N) is 5. The second-order valence-electron chi connectivity index (χ2n) is 15.4. The SMILES string of the molecule is C#CC[C@H](NC(=O)CCl)C(=O)NCCOCCOCCNC(=O)CCOCCOCCOCCOc1ccc(-c2nc3ccc(-c4nc5ccc(N6CCN(C)CC6)cc5[nH]4)cc3[nH]2)cc1. The van der Waals surface area contributed by atoms with Crippen LogP contribution in [0.5, 0.6) is 5.75 Å². The van der Waals surface area contributed by atoms with Gasteiger partial charge in [0.2, 0.25) is 17.7 Å². The summed E-state index contributed by atoms with van der Waals surface area (Å²) in [5, 5.41) is 7.88. The summed E-state index contributed by atoms with van der Waals surface area (Å²) in [7, 11) is 2.17. The lowest BCUT2D eigenvalue weighted by atomic mass is 10.2. The number of fused-ring (bicyclic) bond motifs is 2. The number of nitrogens with zero attached hydrogens (tertiary/aromatic N) is 4. The molecular weight excluding hydrogens is 870 g/mol. The lowest BCUT2D eigenvalue weighted by Crippen LogP contribution is -2.47. The van der Waals surface area contributed by atoms with Crippen LogP contribution in [0.4, 0.5) is 5.69 Å². The van der Waals surface area contributed by atoms with Crippen molar-refractivity contribution >= 4 is 57.1 Å². The van der Waals surface area contributed by atoms with Gasteiger partial charge in [-0.1, -0.05) is 0 Å². The van der Waals surface area contributed by atoms with Gasteiger partial charge in [-0.25, -0.2) is 9.97 Å². The van der Waals surface area contributed by atoms with Crippen LogP contribution < -0.4 is 25.6 Å². The molecular formula is C47H60ClN9O9. The molecule has 1 saturated heterocycles. The highest BCUT2D eigenvalue weighted by molar-refractivity contribution is 6.27. The van der Waals surface area contributed by atoms with Crippen molar-refractivity contribution in [2.75, 3.05) is 130 Å². The van der Waals surface area contributed by atoms with Crippen molar-refractivity contribution < 1.29 is 42.8 Å². The van der Waals surface area contributed by atoms with E-state index in [2.05, 4.69) is 73.0 Å². The van der Waals surface area contributed by atoms with Crippen LogP contribution in [0.2, 0.25) is 0 Å². The van der Waals surface area contributed by atoms with Crippen molar-refractivity contribution in [1.29, 1.82) is 0 Å². The zero-order chi connectivity index (χ0) is 46.4. The van der Waals surface area contributed by atoms with E-state index in [0.717, 1.165) is 76.8 Å². The van der Waals surface area contributed by atoms with Crippen LogP contribution >= 0.6 is 11.6 Å². The Balaban J connectivity index is 0.744. The number of aromatic nitrogens is 4. The first-order chi connectivity index (χ1) is 32.3. The number of piperazine rings is 1. The van der Waals surface area contributed by atoms with Crippen LogP contribution in [0.1, 0.15) is 12.8 Å². The Hall–Kier alpha value is -5.78. The third kappa shape index (κ3) is 16.0. The fourth-order valence-corrected chi connectivity index (χ4v) is 7.00. The summed E-state index contributed by atoms with van der Waals surface area (Å²) in [4.78, 5) is 57.1. The Labute approximate surface area is 389 Å². The first-order valence-electron chi connectivity index (χ1n) is 22.2. The molecule has 0 radical (unpaired) electrons. The first kappa shape index (κ1) is 49.6. The predicted molar refractivity (Wildman–Crippen MR) is 253 cm³/mol. The van der Waals surface area contributed by atoms with E-state index < -0.39 is 17.9 Å². The van der Waals surface area contributed by atoms with Gasteiger partial charge in [0.15, 0.2) is 0 Å². The Bertz CT molecular complexity index is 2330. The highest BCUT2D eigenvalue weighted by Gasteiger charge is 2.19. The normalized spacial score (nSPS) is 13.4. The van der Waals surface area contributed by atoms with Crippen molar-refractivity contribution in [3.05, 3.63) is 60.7 Å². The number of amides is 3. The Morgan fingerprint density at radius 3 is 1.91 bits per heavy atom. The first-order valence-corrected chi connectivity index (χ1v) is 22.7. The number of likely N-dealkylation sites (N-methyl/N-ethyl adjacent to an activating group) is 1. The number of anilines is 1. The maximum absolute atomic E-state index is 12.2. The minimum Gasteiger partial charge on any atom is -0.491 e. The molecule has 18 nitrogen and oxygen atoms in total. The summed E-state index contributed by atoms with van der Waals surface area (Å²) >= 11 is 5.46. The van der Waals surface area contributed by atoms with E-state index in [-0.39, 0.29) is 44.4 Å². The maximum Gasteiger partial charge on any atom is 0.243 e. The molecule has 1 fully saturated rings. The molecule has 0 bridgehead atoms. The number of halogens is 1. The van der Waals surface area contributed by atoms with Gasteiger partial charge >= 0.3 is 0 Å². The molecule has 1 aliphatic rings. The number of rotatable bonds is 29. The molecule has 3 amide bonds. The molecule has 66 heavy (non-hydrogen) atoms. The number of alkyl halides is 1. The zero-order valence-electron chi connectivity index (χ0n) is 37.4. The molecule has 6 rings (SSSR count). The molecule has 5 aromatic rings. The number of H-pyrrole nitrogens is 2. The van der Waals surface area contributed by atoms with Crippen molar-refractivity contribution in [1.82, 2.24) is 40.8 Å². The van der Waals surface area contributed by atoms with Gasteiger partial charge in [-0.15, -0.1) is 23.9 Å². The number of hydrogen-bond acceptors (Lipinski definition) is 13. The van der Waals surface area contributed by atoms with Crippen LogP contribution in [0.25, 0.3) is 44.8 Å². The summed E-state index contributed by atoms with van der Waals surface area (Å²) < 4.78 is 33.4. The van der Waals surface area contributed by atoms with Crippen LogP contribution in [-0.4, -0.2) is 173 Å².